The van der Waals surface area contributed by atoms with Crippen LogP contribution in [0.15, 0.2) is 0 Å². The Bertz CT molecular complexity index is 603. The Labute approximate surface area is 152 Å². The van der Waals surface area contributed by atoms with Crippen LogP contribution < -0.4 is 5.32 Å². The van der Waals surface area contributed by atoms with E-state index in [0.29, 0.717) is 13.0 Å². The van der Waals surface area contributed by atoms with Crippen LogP contribution in [0.5, 0.6) is 0 Å². The van der Waals surface area contributed by atoms with Gasteiger partial charge in [-0.1, -0.05) is 20.8 Å². The molecule has 1 atom stereocenters. The zero-order valence-electron chi connectivity index (χ0n) is 15.5. The standard InChI is InChI=1S/C18H27F2N3O3/c1-17(2,3)13(21)10-14(24)22-15(25)12-6-9-23(12)16(26)11-4-7-18(19,20)8-5-11/h11-12,21H,4-10H2,1-3H3,(H,22,24,25). The number of likely N-dealkylation sites (tertiary alicyclic amines) is 1. The van der Waals surface area contributed by atoms with Crippen molar-refractivity contribution in [2.24, 2.45) is 11.3 Å². The summed E-state index contributed by atoms with van der Waals surface area (Å²) >= 11 is 0. The molecule has 0 aromatic heterocycles. The van der Waals surface area contributed by atoms with Gasteiger partial charge in [0, 0.05) is 36.4 Å². The van der Waals surface area contributed by atoms with Crippen molar-refractivity contribution in [3.8, 4) is 0 Å². The third-order valence-electron chi connectivity index (χ3n) is 5.18. The first-order chi connectivity index (χ1) is 11.9. The summed E-state index contributed by atoms with van der Waals surface area (Å²) in [5, 5.41) is 10.1. The average molecular weight is 371 g/mol. The first kappa shape index (κ1) is 20.5. The predicted molar refractivity (Wildman–Crippen MR) is 92.0 cm³/mol. The van der Waals surface area contributed by atoms with Crippen LogP contribution in [0.1, 0.15) is 59.3 Å². The highest BCUT2D eigenvalue weighted by atomic mass is 19.3. The van der Waals surface area contributed by atoms with Gasteiger partial charge in [-0.25, -0.2) is 8.78 Å². The van der Waals surface area contributed by atoms with E-state index < -0.39 is 35.1 Å². The molecule has 1 heterocycles. The van der Waals surface area contributed by atoms with E-state index in [9.17, 15) is 23.2 Å². The Balaban J connectivity index is 1.86. The predicted octanol–water partition coefficient (Wildman–Crippen LogP) is 2.51. The lowest BCUT2D eigenvalue weighted by atomic mass is 9.84. The van der Waals surface area contributed by atoms with Crippen molar-refractivity contribution >= 4 is 23.4 Å². The number of nitrogens with zero attached hydrogens (tertiary/aromatic N) is 1. The van der Waals surface area contributed by atoms with E-state index in [1.54, 1.807) is 0 Å². The van der Waals surface area contributed by atoms with Gasteiger partial charge in [0.2, 0.25) is 23.6 Å². The molecule has 0 radical (unpaired) electrons. The summed E-state index contributed by atoms with van der Waals surface area (Å²) in [6.07, 6.45) is -0.0855. The van der Waals surface area contributed by atoms with Crippen molar-refractivity contribution in [1.29, 1.82) is 5.41 Å². The summed E-state index contributed by atoms with van der Waals surface area (Å²) in [5.41, 5.74) is -0.241. The van der Waals surface area contributed by atoms with Gasteiger partial charge >= 0.3 is 0 Å². The molecule has 0 aromatic carbocycles. The van der Waals surface area contributed by atoms with Crippen LogP contribution in [0.2, 0.25) is 0 Å². The maximum Gasteiger partial charge on any atom is 0.249 e. The van der Waals surface area contributed by atoms with Crippen LogP contribution in [-0.2, 0) is 14.4 Å². The van der Waals surface area contributed by atoms with Gasteiger partial charge in [-0.15, -0.1) is 0 Å². The molecule has 0 bridgehead atoms. The van der Waals surface area contributed by atoms with Crippen LogP contribution in [0.4, 0.5) is 8.78 Å². The SMILES string of the molecule is CC(C)(C)C(=N)CC(=O)NC(=O)C1CCN1C(=O)C1CCC(F)(F)CC1. The summed E-state index contributed by atoms with van der Waals surface area (Å²) < 4.78 is 26.5. The first-order valence-electron chi connectivity index (χ1n) is 9.00. The Hall–Kier alpha value is -1.86. The van der Waals surface area contributed by atoms with E-state index in [4.69, 9.17) is 5.41 Å². The van der Waals surface area contributed by atoms with Crippen molar-refractivity contribution in [1.82, 2.24) is 10.2 Å². The fraction of sp³-hybridized carbons (Fsp3) is 0.778. The van der Waals surface area contributed by atoms with Crippen LogP contribution in [0.3, 0.4) is 0 Å². The molecule has 0 spiro atoms. The lowest BCUT2D eigenvalue weighted by Crippen LogP contribution is -2.60. The minimum atomic E-state index is -2.70. The lowest BCUT2D eigenvalue weighted by molar-refractivity contribution is -0.154. The zero-order chi connectivity index (χ0) is 19.7. The van der Waals surface area contributed by atoms with Crippen molar-refractivity contribution < 1.29 is 23.2 Å². The maximum absolute atomic E-state index is 13.2. The number of carbonyl (C=O) groups is 3. The number of hydrogen-bond acceptors (Lipinski definition) is 4. The number of rotatable bonds is 4. The number of hydrogen-bond donors (Lipinski definition) is 2. The van der Waals surface area contributed by atoms with Crippen LogP contribution in [0, 0.1) is 16.7 Å². The lowest BCUT2D eigenvalue weighted by Gasteiger charge is -2.42. The second kappa shape index (κ2) is 7.40. The highest BCUT2D eigenvalue weighted by Gasteiger charge is 2.44. The second-order valence-electron chi connectivity index (χ2n) is 8.28. The van der Waals surface area contributed by atoms with Gasteiger partial charge in [-0.3, -0.25) is 19.7 Å². The van der Waals surface area contributed by atoms with Gasteiger partial charge in [0.05, 0.1) is 6.42 Å². The molecular formula is C18H27F2N3O3. The minimum Gasteiger partial charge on any atom is -0.330 e. The summed E-state index contributed by atoms with van der Waals surface area (Å²) in [7, 11) is 0. The van der Waals surface area contributed by atoms with E-state index in [0.717, 1.165) is 0 Å². The Kier molecular flexibility index (Phi) is 5.82. The molecule has 3 amide bonds. The molecule has 2 rings (SSSR count). The van der Waals surface area contributed by atoms with Gasteiger partial charge in [-0.2, -0.15) is 0 Å². The number of imide groups is 1. The van der Waals surface area contributed by atoms with Gasteiger partial charge in [-0.05, 0) is 19.3 Å². The average Bonchev–Trinajstić information content (AvgIpc) is 2.44. The third-order valence-corrected chi connectivity index (χ3v) is 5.18. The molecule has 2 fully saturated rings. The molecule has 8 heteroatoms. The summed E-state index contributed by atoms with van der Waals surface area (Å²) in [5.74, 6) is -4.58. The van der Waals surface area contributed by atoms with E-state index >= 15 is 0 Å². The Morgan fingerprint density at radius 1 is 1.15 bits per heavy atom. The van der Waals surface area contributed by atoms with Crippen LogP contribution >= 0.6 is 0 Å². The monoisotopic (exact) mass is 371 g/mol. The molecule has 0 aromatic rings. The minimum absolute atomic E-state index is 0.123. The Morgan fingerprint density at radius 3 is 2.19 bits per heavy atom. The quantitative estimate of drug-likeness (QED) is 0.744. The van der Waals surface area contributed by atoms with Gasteiger partial charge in [0.25, 0.3) is 0 Å². The molecule has 1 saturated carbocycles. The van der Waals surface area contributed by atoms with E-state index in [1.807, 2.05) is 20.8 Å². The molecule has 6 nitrogen and oxygen atoms in total. The van der Waals surface area contributed by atoms with Gasteiger partial charge in [0.1, 0.15) is 6.04 Å². The topological polar surface area (TPSA) is 90.3 Å². The molecule has 146 valence electrons. The molecule has 1 aliphatic heterocycles. The summed E-state index contributed by atoms with van der Waals surface area (Å²) in [6, 6.07) is -0.724. The van der Waals surface area contributed by atoms with Crippen LogP contribution in [0.25, 0.3) is 0 Å². The van der Waals surface area contributed by atoms with Crippen LogP contribution in [-0.4, -0.2) is 46.8 Å². The third kappa shape index (κ3) is 4.86. The van der Waals surface area contributed by atoms with Crippen molar-refractivity contribution in [3.05, 3.63) is 0 Å². The number of nitrogens with one attached hydrogen (secondary N) is 2. The molecule has 2 N–H and O–H groups in total. The van der Waals surface area contributed by atoms with E-state index in [1.165, 1.54) is 4.90 Å². The van der Waals surface area contributed by atoms with E-state index in [2.05, 4.69) is 5.32 Å². The zero-order valence-corrected chi connectivity index (χ0v) is 15.5. The van der Waals surface area contributed by atoms with Gasteiger partial charge in [0.15, 0.2) is 0 Å². The molecular weight excluding hydrogens is 344 g/mol. The number of carbonyl (C=O) groups excluding carboxylic acids is 3. The summed E-state index contributed by atoms with van der Waals surface area (Å²) in [6.45, 7) is 5.83. The first-order valence-corrected chi connectivity index (χ1v) is 9.00. The molecule has 1 unspecified atom stereocenters. The number of alkyl halides is 2. The molecule has 26 heavy (non-hydrogen) atoms. The number of halogens is 2. The molecule has 1 aliphatic carbocycles. The fourth-order valence-electron chi connectivity index (χ4n) is 3.14. The maximum atomic E-state index is 13.2. The smallest absolute Gasteiger partial charge is 0.249 e. The fourth-order valence-corrected chi connectivity index (χ4v) is 3.14. The number of amides is 3. The van der Waals surface area contributed by atoms with E-state index in [-0.39, 0.29) is 43.7 Å². The normalized spacial score (nSPS) is 23.1. The van der Waals surface area contributed by atoms with Crippen molar-refractivity contribution in [2.75, 3.05) is 6.54 Å². The largest absolute Gasteiger partial charge is 0.330 e. The summed E-state index contributed by atoms with van der Waals surface area (Å²) in [4.78, 5) is 38.1. The van der Waals surface area contributed by atoms with Crippen molar-refractivity contribution in [2.45, 2.75) is 71.3 Å². The van der Waals surface area contributed by atoms with Gasteiger partial charge < -0.3 is 10.3 Å². The second-order valence-corrected chi connectivity index (χ2v) is 8.28. The molecule has 2 aliphatic rings. The highest BCUT2D eigenvalue weighted by Crippen LogP contribution is 2.37. The highest BCUT2D eigenvalue weighted by molar-refractivity contribution is 6.08. The van der Waals surface area contributed by atoms with Crippen molar-refractivity contribution in [3.63, 3.8) is 0 Å². The Morgan fingerprint density at radius 2 is 1.73 bits per heavy atom. The molecule has 1 saturated heterocycles.